The van der Waals surface area contributed by atoms with Gasteiger partial charge in [0.05, 0.1) is 18.3 Å². The minimum Gasteiger partial charge on any atom is -0.464 e. The monoisotopic (exact) mass is 237 g/mol. The third-order valence-electron chi connectivity index (χ3n) is 1.95. The predicted molar refractivity (Wildman–Crippen MR) is 57.7 cm³/mol. The number of carbonyl (C=O) groups excluding carboxylic acids is 1. The SMILES string of the molecule is COC(=O)c1cnn(-c2ccccc2Cl)n1. The lowest BCUT2D eigenvalue weighted by molar-refractivity contribution is 0.0593. The molecule has 0 amide bonds. The second-order valence-electron chi connectivity index (χ2n) is 2.96. The van der Waals surface area contributed by atoms with E-state index in [1.165, 1.54) is 18.1 Å². The van der Waals surface area contributed by atoms with Gasteiger partial charge >= 0.3 is 5.97 Å². The van der Waals surface area contributed by atoms with Crippen molar-refractivity contribution >= 4 is 17.6 Å². The molecular formula is C10H8ClN3O2. The van der Waals surface area contributed by atoms with Gasteiger partial charge in [0.15, 0.2) is 5.69 Å². The van der Waals surface area contributed by atoms with Crippen LogP contribution in [0.3, 0.4) is 0 Å². The molecule has 0 radical (unpaired) electrons. The number of rotatable bonds is 2. The van der Waals surface area contributed by atoms with Gasteiger partial charge in [0, 0.05) is 0 Å². The molecule has 0 bridgehead atoms. The largest absolute Gasteiger partial charge is 0.464 e. The van der Waals surface area contributed by atoms with E-state index in [0.717, 1.165) is 0 Å². The lowest BCUT2D eigenvalue weighted by atomic mass is 10.3. The first kappa shape index (κ1) is 10.6. The van der Waals surface area contributed by atoms with E-state index in [2.05, 4.69) is 14.9 Å². The van der Waals surface area contributed by atoms with Crippen LogP contribution in [0, 0.1) is 0 Å². The molecule has 2 rings (SSSR count). The van der Waals surface area contributed by atoms with E-state index in [1.54, 1.807) is 18.2 Å². The van der Waals surface area contributed by atoms with Gasteiger partial charge in [-0.15, -0.1) is 9.90 Å². The normalized spacial score (nSPS) is 10.1. The van der Waals surface area contributed by atoms with Crippen molar-refractivity contribution in [3.63, 3.8) is 0 Å². The van der Waals surface area contributed by atoms with E-state index in [0.29, 0.717) is 10.7 Å². The van der Waals surface area contributed by atoms with Crippen LogP contribution in [0.5, 0.6) is 0 Å². The van der Waals surface area contributed by atoms with Crippen molar-refractivity contribution in [2.24, 2.45) is 0 Å². The Balaban J connectivity index is 2.39. The van der Waals surface area contributed by atoms with E-state index in [9.17, 15) is 4.79 Å². The molecule has 0 spiro atoms. The Morgan fingerprint density at radius 1 is 1.44 bits per heavy atom. The average Bonchev–Trinajstić information content (AvgIpc) is 2.78. The van der Waals surface area contributed by atoms with Gasteiger partial charge in [-0.25, -0.2) is 4.79 Å². The Morgan fingerprint density at radius 2 is 2.19 bits per heavy atom. The van der Waals surface area contributed by atoms with E-state index < -0.39 is 5.97 Å². The molecule has 5 nitrogen and oxygen atoms in total. The number of ether oxygens (including phenoxy) is 1. The van der Waals surface area contributed by atoms with Gasteiger partial charge in [-0.05, 0) is 12.1 Å². The lowest BCUT2D eigenvalue weighted by Crippen LogP contribution is -2.04. The summed E-state index contributed by atoms with van der Waals surface area (Å²) in [5.74, 6) is -0.529. The number of halogens is 1. The summed E-state index contributed by atoms with van der Waals surface area (Å²) < 4.78 is 4.53. The summed E-state index contributed by atoms with van der Waals surface area (Å²) in [6.45, 7) is 0. The van der Waals surface area contributed by atoms with Crippen LogP contribution in [0.25, 0.3) is 5.69 Å². The van der Waals surface area contributed by atoms with Crippen molar-refractivity contribution in [2.45, 2.75) is 0 Å². The Bertz CT molecular complexity index is 524. The summed E-state index contributed by atoms with van der Waals surface area (Å²) in [5, 5.41) is 8.40. The minimum absolute atomic E-state index is 0.141. The summed E-state index contributed by atoms with van der Waals surface area (Å²) in [4.78, 5) is 12.5. The maximum absolute atomic E-state index is 11.2. The van der Waals surface area contributed by atoms with Gasteiger partial charge in [0.25, 0.3) is 0 Å². The molecule has 0 aliphatic heterocycles. The summed E-state index contributed by atoms with van der Waals surface area (Å²) in [6.07, 6.45) is 1.33. The van der Waals surface area contributed by atoms with Gasteiger partial charge in [0.2, 0.25) is 0 Å². The molecule has 0 unspecified atom stereocenters. The molecule has 1 aromatic carbocycles. The highest BCUT2D eigenvalue weighted by Gasteiger charge is 2.12. The molecular weight excluding hydrogens is 230 g/mol. The number of methoxy groups -OCH3 is 1. The molecule has 0 fully saturated rings. The number of benzene rings is 1. The van der Waals surface area contributed by atoms with Gasteiger partial charge < -0.3 is 4.74 Å². The first-order valence-electron chi connectivity index (χ1n) is 4.48. The molecule has 2 aromatic rings. The predicted octanol–water partition coefficient (Wildman–Crippen LogP) is 1.71. The van der Waals surface area contributed by atoms with E-state index in [1.807, 2.05) is 6.07 Å². The number of hydrogen-bond donors (Lipinski definition) is 0. The summed E-state index contributed by atoms with van der Waals surface area (Å²) in [6, 6.07) is 7.08. The zero-order chi connectivity index (χ0) is 11.5. The molecule has 16 heavy (non-hydrogen) atoms. The summed E-state index contributed by atoms with van der Waals surface area (Å²) in [5.41, 5.74) is 0.752. The highest BCUT2D eigenvalue weighted by Crippen LogP contribution is 2.17. The molecule has 0 aliphatic carbocycles. The van der Waals surface area contributed by atoms with Crippen LogP contribution in [0.1, 0.15) is 10.5 Å². The summed E-state index contributed by atoms with van der Waals surface area (Å²) in [7, 11) is 1.29. The van der Waals surface area contributed by atoms with Gasteiger partial charge in [-0.1, -0.05) is 23.7 Å². The molecule has 1 aromatic heterocycles. The molecule has 0 atom stereocenters. The molecule has 0 aliphatic rings. The van der Waals surface area contributed by atoms with Gasteiger partial charge in [-0.2, -0.15) is 5.10 Å². The second kappa shape index (κ2) is 4.32. The van der Waals surface area contributed by atoms with Crippen LogP contribution >= 0.6 is 11.6 Å². The number of para-hydroxylation sites is 1. The van der Waals surface area contributed by atoms with E-state index in [4.69, 9.17) is 11.6 Å². The number of hydrogen-bond acceptors (Lipinski definition) is 4. The first-order chi connectivity index (χ1) is 7.72. The van der Waals surface area contributed by atoms with Crippen molar-refractivity contribution in [3.05, 3.63) is 41.2 Å². The van der Waals surface area contributed by atoms with Crippen molar-refractivity contribution in [2.75, 3.05) is 7.11 Å². The molecule has 1 heterocycles. The lowest BCUT2D eigenvalue weighted by Gasteiger charge is -2.00. The summed E-state index contributed by atoms with van der Waals surface area (Å²) >= 11 is 5.96. The number of nitrogens with zero attached hydrogens (tertiary/aromatic N) is 3. The smallest absolute Gasteiger partial charge is 0.360 e. The van der Waals surface area contributed by atoms with Crippen LogP contribution < -0.4 is 0 Å². The quantitative estimate of drug-likeness (QED) is 0.746. The van der Waals surface area contributed by atoms with Crippen LogP contribution in [0.2, 0.25) is 5.02 Å². The number of esters is 1. The van der Waals surface area contributed by atoms with Gasteiger partial charge in [-0.3, -0.25) is 0 Å². The third kappa shape index (κ3) is 1.90. The van der Waals surface area contributed by atoms with Crippen molar-refractivity contribution in [1.29, 1.82) is 0 Å². The number of carbonyl (C=O) groups is 1. The zero-order valence-corrected chi connectivity index (χ0v) is 9.18. The van der Waals surface area contributed by atoms with Crippen molar-refractivity contribution in [3.8, 4) is 5.69 Å². The average molecular weight is 238 g/mol. The Labute approximate surface area is 96.6 Å². The maximum atomic E-state index is 11.2. The van der Waals surface area contributed by atoms with Crippen LogP contribution in [0.15, 0.2) is 30.5 Å². The van der Waals surface area contributed by atoms with E-state index in [-0.39, 0.29) is 5.69 Å². The minimum atomic E-state index is -0.529. The first-order valence-corrected chi connectivity index (χ1v) is 4.85. The fourth-order valence-corrected chi connectivity index (χ4v) is 1.40. The third-order valence-corrected chi connectivity index (χ3v) is 2.27. The highest BCUT2D eigenvalue weighted by molar-refractivity contribution is 6.32. The maximum Gasteiger partial charge on any atom is 0.360 e. The number of aromatic nitrogens is 3. The fourth-order valence-electron chi connectivity index (χ4n) is 1.19. The second-order valence-corrected chi connectivity index (χ2v) is 3.37. The molecule has 82 valence electrons. The molecule has 0 N–H and O–H groups in total. The van der Waals surface area contributed by atoms with Crippen molar-refractivity contribution < 1.29 is 9.53 Å². The highest BCUT2D eigenvalue weighted by atomic mass is 35.5. The van der Waals surface area contributed by atoms with Crippen LogP contribution in [-0.4, -0.2) is 28.1 Å². The zero-order valence-electron chi connectivity index (χ0n) is 8.42. The Morgan fingerprint density at radius 3 is 2.88 bits per heavy atom. The molecule has 6 heteroatoms. The fraction of sp³-hybridized carbons (Fsp3) is 0.100. The standard InChI is InChI=1S/C10H8ClN3O2/c1-16-10(15)8-6-12-14(13-8)9-5-3-2-4-7(9)11/h2-6H,1H3. The van der Waals surface area contributed by atoms with Gasteiger partial charge in [0.1, 0.15) is 5.69 Å². The van der Waals surface area contributed by atoms with Crippen LogP contribution in [-0.2, 0) is 4.74 Å². The van der Waals surface area contributed by atoms with Crippen LogP contribution in [0.4, 0.5) is 0 Å². The Kier molecular flexibility index (Phi) is 2.87. The topological polar surface area (TPSA) is 57.0 Å². The van der Waals surface area contributed by atoms with Crippen molar-refractivity contribution in [1.82, 2.24) is 15.0 Å². The Hall–Kier alpha value is -1.88. The van der Waals surface area contributed by atoms with E-state index >= 15 is 0 Å². The molecule has 0 saturated heterocycles. The molecule has 0 saturated carbocycles.